The molecule has 0 N–H and O–H groups in total. The quantitative estimate of drug-likeness (QED) is 0.696. The van der Waals surface area contributed by atoms with Crippen molar-refractivity contribution in [1.29, 1.82) is 0 Å². The van der Waals surface area contributed by atoms with Crippen molar-refractivity contribution in [3.63, 3.8) is 0 Å². The van der Waals surface area contributed by atoms with Crippen molar-refractivity contribution in [2.75, 3.05) is 13.6 Å². The van der Waals surface area contributed by atoms with E-state index in [0.717, 1.165) is 0 Å². The van der Waals surface area contributed by atoms with Gasteiger partial charge in [0.1, 0.15) is 0 Å². The SMILES string of the molecule is CCCC(CCN(C)C(C)(C)C)c1ccc(C)cc1. The maximum absolute atomic E-state index is 2.46. The third kappa shape index (κ3) is 5.36. The summed E-state index contributed by atoms with van der Waals surface area (Å²) in [5.41, 5.74) is 3.13. The average molecular weight is 261 g/mol. The maximum Gasteiger partial charge on any atom is 0.0122 e. The van der Waals surface area contributed by atoms with Crippen LogP contribution in [0, 0.1) is 6.92 Å². The third-order valence-corrected chi connectivity index (χ3v) is 4.14. The zero-order chi connectivity index (χ0) is 14.5. The lowest BCUT2D eigenvalue weighted by Crippen LogP contribution is -2.39. The van der Waals surface area contributed by atoms with Gasteiger partial charge in [0.05, 0.1) is 0 Å². The molecule has 0 aliphatic rings. The summed E-state index contributed by atoms with van der Waals surface area (Å²) >= 11 is 0. The molecule has 0 saturated heterocycles. The second-order valence-corrected chi connectivity index (χ2v) is 6.78. The number of rotatable bonds is 6. The van der Waals surface area contributed by atoms with Crippen molar-refractivity contribution >= 4 is 0 Å². The predicted molar refractivity (Wildman–Crippen MR) is 85.8 cm³/mol. The van der Waals surface area contributed by atoms with E-state index in [1.165, 1.54) is 36.9 Å². The first-order valence-corrected chi connectivity index (χ1v) is 7.62. The minimum absolute atomic E-state index is 0.268. The predicted octanol–water partition coefficient (Wildman–Crippen LogP) is 5.00. The number of aryl methyl sites for hydroxylation is 1. The van der Waals surface area contributed by atoms with Gasteiger partial charge in [-0.25, -0.2) is 0 Å². The van der Waals surface area contributed by atoms with Gasteiger partial charge in [-0.15, -0.1) is 0 Å². The molecule has 1 atom stereocenters. The summed E-state index contributed by atoms with van der Waals surface area (Å²) in [6.45, 7) is 12.5. The Balaban J connectivity index is 2.65. The van der Waals surface area contributed by atoms with E-state index in [1.54, 1.807) is 0 Å². The van der Waals surface area contributed by atoms with E-state index >= 15 is 0 Å². The molecule has 0 heterocycles. The lowest BCUT2D eigenvalue weighted by atomic mass is 9.90. The van der Waals surface area contributed by atoms with Gasteiger partial charge in [-0.2, -0.15) is 0 Å². The topological polar surface area (TPSA) is 3.24 Å². The van der Waals surface area contributed by atoms with Crippen molar-refractivity contribution in [3.05, 3.63) is 35.4 Å². The first-order chi connectivity index (χ1) is 8.84. The monoisotopic (exact) mass is 261 g/mol. The summed E-state index contributed by atoms with van der Waals surface area (Å²) in [6, 6.07) is 9.11. The van der Waals surface area contributed by atoms with Gasteiger partial charge in [0.25, 0.3) is 0 Å². The van der Waals surface area contributed by atoms with E-state index in [-0.39, 0.29) is 5.54 Å². The lowest BCUT2D eigenvalue weighted by molar-refractivity contribution is 0.169. The van der Waals surface area contributed by atoms with Gasteiger partial charge in [0.15, 0.2) is 0 Å². The van der Waals surface area contributed by atoms with Gasteiger partial charge in [0, 0.05) is 5.54 Å². The summed E-state index contributed by atoms with van der Waals surface area (Å²) in [4.78, 5) is 2.46. The molecule has 0 bridgehead atoms. The summed E-state index contributed by atoms with van der Waals surface area (Å²) in [5.74, 6) is 0.704. The zero-order valence-electron chi connectivity index (χ0n) is 13.7. The molecule has 0 aliphatic heterocycles. The Labute approximate surface area is 120 Å². The van der Waals surface area contributed by atoms with Crippen LogP contribution in [0.4, 0.5) is 0 Å². The van der Waals surface area contributed by atoms with Crippen LogP contribution in [0.2, 0.25) is 0 Å². The van der Waals surface area contributed by atoms with Gasteiger partial charge in [0.2, 0.25) is 0 Å². The van der Waals surface area contributed by atoms with Crippen LogP contribution in [-0.2, 0) is 0 Å². The normalized spacial score (nSPS) is 13.8. The minimum atomic E-state index is 0.268. The Kier molecular flexibility index (Phi) is 6.06. The fourth-order valence-corrected chi connectivity index (χ4v) is 2.35. The molecule has 1 aromatic rings. The second kappa shape index (κ2) is 7.09. The van der Waals surface area contributed by atoms with Gasteiger partial charge in [-0.1, -0.05) is 43.2 Å². The molecule has 0 radical (unpaired) electrons. The van der Waals surface area contributed by atoms with Gasteiger partial charge in [-0.3, -0.25) is 0 Å². The van der Waals surface area contributed by atoms with Crippen molar-refractivity contribution in [2.45, 2.75) is 65.3 Å². The first kappa shape index (κ1) is 16.2. The average Bonchev–Trinajstić information content (AvgIpc) is 2.34. The number of hydrogen-bond acceptors (Lipinski definition) is 1. The minimum Gasteiger partial charge on any atom is -0.301 e. The van der Waals surface area contributed by atoms with E-state index < -0.39 is 0 Å². The van der Waals surface area contributed by atoms with Crippen molar-refractivity contribution in [3.8, 4) is 0 Å². The van der Waals surface area contributed by atoms with Crippen LogP contribution in [0.5, 0.6) is 0 Å². The molecule has 1 nitrogen and oxygen atoms in total. The molecule has 0 aromatic heterocycles. The van der Waals surface area contributed by atoms with Crippen molar-refractivity contribution in [2.24, 2.45) is 0 Å². The Morgan fingerprint density at radius 2 is 1.63 bits per heavy atom. The molecule has 0 fully saturated rings. The summed E-state index contributed by atoms with van der Waals surface area (Å²) in [6.07, 6.45) is 3.81. The Hall–Kier alpha value is -0.820. The van der Waals surface area contributed by atoms with Crippen LogP contribution in [-0.4, -0.2) is 24.0 Å². The summed E-state index contributed by atoms with van der Waals surface area (Å²) in [7, 11) is 2.23. The molecule has 0 aliphatic carbocycles. The molecule has 1 heteroatoms. The van der Waals surface area contributed by atoms with E-state index in [0.29, 0.717) is 5.92 Å². The molecule has 0 spiro atoms. The molecule has 19 heavy (non-hydrogen) atoms. The highest BCUT2D eigenvalue weighted by molar-refractivity contribution is 5.24. The van der Waals surface area contributed by atoms with Crippen molar-refractivity contribution < 1.29 is 0 Å². The van der Waals surface area contributed by atoms with E-state index in [9.17, 15) is 0 Å². The zero-order valence-corrected chi connectivity index (χ0v) is 13.7. The maximum atomic E-state index is 2.46. The molecule has 1 unspecified atom stereocenters. The van der Waals surface area contributed by atoms with Crippen LogP contribution in [0.1, 0.15) is 64.0 Å². The van der Waals surface area contributed by atoms with Crippen LogP contribution < -0.4 is 0 Å². The highest BCUT2D eigenvalue weighted by atomic mass is 15.1. The van der Waals surface area contributed by atoms with E-state index in [2.05, 4.69) is 70.8 Å². The van der Waals surface area contributed by atoms with Crippen LogP contribution in [0.15, 0.2) is 24.3 Å². The van der Waals surface area contributed by atoms with E-state index in [4.69, 9.17) is 0 Å². The molecular weight excluding hydrogens is 230 g/mol. The molecule has 108 valence electrons. The molecule has 1 aromatic carbocycles. The first-order valence-electron chi connectivity index (χ1n) is 7.62. The van der Waals surface area contributed by atoms with Crippen LogP contribution in [0.25, 0.3) is 0 Å². The Morgan fingerprint density at radius 1 is 1.05 bits per heavy atom. The van der Waals surface area contributed by atoms with Crippen molar-refractivity contribution in [1.82, 2.24) is 4.90 Å². The van der Waals surface area contributed by atoms with Crippen LogP contribution in [0.3, 0.4) is 0 Å². The Morgan fingerprint density at radius 3 is 2.11 bits per heavy atom. The number of nitrogens with zero attached hydrogens (tertiary/aromatic N) is 1. The molecule has 1 rings (SSSR count). The summed E-state index contributed by atoms with van der Waals surface area (Å²) < 4.78 is 0. The largest absolute Gasteiger partial charge is 0.301 e. The number of hydrogen-bond donors (Lipinski definition) is 0. The molecule has 0 saturated carbocycles. The summed E-state index contributed by atoms with van der Waals surface area (Å²) in [5, 5.41) is 0. The lowest BCUT2D eigenvalue weighted by Gasteiger charge is -2.33. The third-order valence-electron chi connectivity index (χ3n) is 4.14. The fraction of sp³-hybridized carbons (Fsp3) is 0.667. The molecular formula is C18H31N. The Bertz CT molecular complexity index is 358. The highest BCUT2D eigenvalue weighted by Crippen LogP contribution is 2.26. The second-order valence-electron chi connectivity index (χ2n) is 6.78. The number of benzene rings is 1. The van der Waals surface area contributed by atoms with Crippen LogP contribution >= 0.6 is 0 Å². The standard InChI is InChI=1S/C18H31N/c1-7-8-16(13-14-19(6)18(3,4)5)17-11-9-15(2)10-12-17/h9-12,16H,7-8,13-14H2,1-6H3. The molecule has 0 amide bonds. The van der Waals surface area contributed by atoms with Gasteiger partial charge >= 0.3 is 0 Å². The fourth-order valence-electron chi connectivity index (χ4n) is 2.35. The smallest absolute Gasteiger partial charge is 0.0122 e. The van der Waals surface area contributed by atoms with E-state index in [1.807, 2.05) is 0 Å². The highest BCUT2D eigenvalue weighted by Gasteiger charge is 2.18. The van der Waals surface area contributed by atoms with Gasteiger partial charge in [-0.05, 0) is 65.6 Å². The van der Waals surface area contributed by atoms with Gasteiger partial charge < -0.3 is 4.90 Å².